The predicted octanol–water partition coefficient (Wildman–Crippen LogP) is 2.46. The average molecular weight is 244 g/mol. The fourth-order valence-corrected chi connectivity index (χ4v) is 2.27. The molecular weight excluding hydrogens is 220 g/mol. The largest absolute Gasteiger partial charge is 0.353 e. The van der Waals surface area contributed by atoms with Crippen molar-refractivity contribution >= 4 is 0 Å². The topological polar surface area (TPSA) is 36.9 Å². The summed E-state index contributed by atoms with van der Waals surface area (Å²) in [5.41, 5.74) is 0. The Morgan fingerprint density at radius 3 is 2.82 bits per heavy atom. The lowest BCUT2D eigenvalue weighted by Gasteiger charge is -2.23. The van der Waals surface area contributed by atoms with Crippen LogP contribution < -0.4 is 0 Å². The van der Waals surface area contributed by atoms with Gasteiger partial charge in [0.15, 0.2) is 12.1 Å². The minimum absolute atomic E-state index is 0.0286. The van der Waals surface area contributed by atoms with E-state index in [4.69, 9.17) is 18.9 Å². The van der Waals surface area contributed by atoms with Crippen LogP contribution in [-0.4, -0.2) is 38.0 Å². The Morgan fingerprint density at radius 1 is 1.29 bits per heavy atom. The molecule has 2 atom stereocenters. The summed E-state index contributed by atoms with van der Waals surface area (Å²) in [5, 5.41) is 0. The third-order valence-electron chi connectivity index (χ3n) is 3.18. The molecule has 17 heavy (non-hydrogen) atoms. The van der Waals surface area contributed by atoms with E-state index < -0.39 is 5.79 Å². The van der Waals surface area contributed by atoms with Gasteiger partial charge in [-0.25, -0.2) is 0 Å². The second-order valence-electron chi connectivity index (χ2n) is 5.26. The lowest BCUT2D eigenvalue weighted by atomic mass is 10.2. The molecule has 4 heteroatoms. The fourth-order valence-electron chi connectivity index (χ4n) is 2.27. The van der Waals surface area contributed by atoms with Crippen molar-refractivity contribution in [1.29, 1.82) is 0 Å². The normalized spacial score (nSPS) is 32.8. The average Bonchev–Trinajstić information content (AvgIpc) is 2.66. The Kier molecular flexibility index (Phi) is 4.79. The van der Waals surface area contributed by atoms with Crippen LogP contribution in [0.3, 0.4) is 0 Å². The van der Waals surface area contributed by atoms with E-state index in [1.807, 2.05) is 13.8 Å². The van der Waals surface area contributed by atoms with Gasteiger partial charge >= 0.3 is 0 Å². The van der Waals surface area contributed by atoms with E-state index in [0.717, 1.165) is 32.5 Å². The van der Waals surface area contributed by atoms with Gasteiger partial charge in [0.05, 0.1) is 12.7 Å². The molecule has 2 aliphatic rings. The molecular formula is C13H24O4. The maximum Gasteiger partial charge on any atom is 0.163 e. The molecule has 0 aromatic carbocycles. The van der Waals surface area contributed by atoms with E-state index in [2.05, 4.69) is 0 Å². The first-order chi connectivity index (χ1) is 8.16. The molecule has 2 unspecified atom stereocenters. The van der Waals surface area contributed by atoms with Crippen LogP contribution in [-0.2, 0) is 18.9 Å². The zero-order chi connectivity index (χ0) is 12.1. The molecule has 0 saturated carbocycles. The molecule has 0 amide bonds. The molecule has 100 valence electrons. The molecule has 0 aromatic rings. The summed E-state index contributed by atoms with van der Waals surface area (Å²) in [6.45, 7) is 6.22. The Bertz CT molecular complexity index is 223. The maximum atomic E-state index is 5.73. The van der Waals surface area contributed by atoms with Crippen LogP contribution in [0.15, 0.2) is 0 Å². The zero-order valence-corrected chi connectivity index (χ0v) is 10.9. The highest BCUT2D eigenvalue weighted by Gasteiger charge is 2.32. The third-order valence-corrected chi connectivity index (χ3v) is 3.18. The van der Waals surface area contributed by atoms with Gasteiger partial charge in [0, 0.05) is 13.2 Å². The Morgan fingerprint density at radius 2 is 2.18 bits per heavy atom. The number of rotatable bonds is 5. The molecule has 2 fully saturated rings. The van der Waals surface area contributed by atoms with E-state index >= 15 is 0 Å². The molecule has 0 aromatic heterocycles. The Balaban J connectivity index is 1.51. The van der Waals surface area contributed by atoms with Crippen molar-refractivity contribution in [3.05, 3.63) is 0 Å². The lowest BCUT2D eigenvalue weighted by molar-refractivity contribution is -0.165. The SMILES string of the molecule is CC1(C)OCC(CCCOC2CCCCO2)O1. The summed E-state index contributed by atoms with van der Waals surface area (Å²) in [5.74, 6) is -0.405. The van der Waals surface area contributed by atoms with Gasteiger partial charge in [-0.05, 0) is 46.0 Å². The van der Waals surface area contributed by atoms with Gasteiger partial charge in [0.2, 0.25) is 0 Å². The quantitative estimate of drug-likeness (QED) is 0.696. The van der Waals surface area contributed by atoms with Gasteiger partial charge < -0.3 is 18.9 Å². The second-order valence-corrected chi connectivity index (χ2v) is 5.26. The van der Waals surface area contributed by atoms with Crippen LogP contribution in [0.5, 0.6) is 0 Å². The molecule has 2 aliphatic heterocycles. The lowest BCUT2D eigenvalue weighted by Crippen LogP contribution is -2.23. The monoisotopic (exact) mass is 244 g/mol. The highest BCUT2D eigenvalue weighted by Crippen LogP contribution is 2.24. The number of ether oxygens (including phenoxy) is 4. The maximum absolute atomic E-state index is 5.73. The van der Waals surface area contributed by atoms with Crippen LogP contribution in [0.4, 0.5) is 0 Å². The van der Waals surface area contributed by atoms with Crippen molar-refractivity contribution in [2.45, 2.75) is 64.1 Å². The Hall–Kier alpha value is -0.160. The summed E-state index contributed by atoms with van der Waals surface area (Å²) < 4.78 is 22.4. The van der Waals surface area contributed by atoms with Crippen molar-refractivity contribution < 1.29 is 18.9 Å². The summed E-state index contributed by atoms with van der Waals surface area (Å²) >= 11 is 0. The molecule has 0 bridgehead atoms. The minimum atomic E-state index is -0.405. The van der Waals surface area contributed by atoms with Gasteiger partial charge in [-0.3, -0.25) is 0 Å². The fraction of sp³-hybridized carbons (Fsp3) is 1.00. The summed E-state index contributed by atoms with van der Waals surface area (Å²) in [6.07, 6.45) is 5.68. The van der Waals surface area contributed by atoms with Crippen LogP contribution in [0.1, 0.15) is 46.0 Å². The molecule has 0 N–H and O–H groups in total. The molecule has 0 spiro atoms. The molecule has 0 aliphatic carbocycles. The van der Waals surface area contributed by atoms with Crippen LogP contribution in [0.25, 0.3) is 0 Å². The van der Waals surface area contributed by atoms with Crippen molar-refractivity contribution in [2.75, 3.05) is 19.8 Å². The van der Waals surface area contributed by atoms with Gasteiger partial charge in [-0.2, -0.15) is 0 Å². The molecule has 2 heterocycles. The minimum Gasteiger partial charge on any atom is -0.353 e. The molecule has 2 rings (SSSR count). The van der Waals surface area contributed by atoms with Crippen molar-refractivity contribution in [3.8, 4) is 0 Å². The van der Waals surface area contributed by atoms with Gasteiger partial charge in [0.25, 0.3) is 0 Å². The van der Waals surface area contributed by atoms with Crippen molar-refractivity contribution in [2.24, 2.45) is 0 Å². The summed E-state index contributed by atoms with van der Waals surface area (Å²) in [7, 11) is 0. The third kappa shape index (κ3) is 4.54. The number of hydrogen-bond acceptors (Lipinski definition) is 4. The van der Waals surface area contributed by atoms with E-state index in [1.54, 1.807) is 0 Å². The van der Waals surface area contributed by atoms with Crippen LogP contribution >= 0.6 is 0 Å². The highest BCUT2D eigenvalue weighted by atomic mass is 16.7. The van der Waals surface area contributed by atoms with Gasteiger partial charge in [-0.1, -0.05) is 0 Å². The van der Waals surface area contributed by atoms with Gasteiger partial charge in [-0.15, -0.1) is 0 Å². The summed E-state index contributed by atoms with van der Waals surface area (Å²) in [4.78, 5) is 0. The zero-order valence-electron chi connectivity index (χ0n) is 10.9. The predicted molar refractivity (Wildman–Crippen MR) is 63.7 cm³/mol. The first kappa shape index (κ1) is 13.3. The van der Waals surface area contributed by atoms with E-state index in [0.29, 0.717) is 6.61 Å². The number of hydrogen-bond donors (Lipinski definition) is 0. The Labute approximate surface area is 104 Å². The second kappa shape index (κ2) is 6.14. The van der Waals surface area contributed by atoms with E-state index in [-0.39, 0.29) is 12.4 Å². The van der Waals surface area contributed by atoms with Crippen LogP contribution in [0.2, 0.25) is 0 Å². The molecule has 4 nitrogen and oxygen atoms in total. The van der Waals surface area contributed by atoms with Crippen molar-refractivity contribution in [3.63, 3.8) is 0 Å². The molecule has 2 saturated heterocycles. The van der Waals surface area contributed by atoms with E-state index in [1.165, 1.54) is 12.8 Å². The molecule has 0 radical (unpaired) electrons. The standard InChI is InChI=1S/C13H24O4/c1-13(2)16-10-11(17-13)6-5-9-15-12-7-3-4-8-14-12/h11-12H,3-10H2,1-2H3. The highest BCUT2D eigenvalue weighted by molar-refractivity contribution is 4.70. The van der Waals surface area contributed by atoms with Crippen LogP contribution in [0, 0.1) is 0 Å². The van der Waals surface area contributed by atoms with E-state index in [9.17, 15) is 0 Å². The smallest absolute Gasteiger partial charge is 0.163 e. The summed E-state index contributed by atoms with van der Waals surface area (Å²) in [6, 6.07) is 0. The first-order valence-electron chi connectivity index (χ1n) is 6.71. The van der Waals surface area contributed by atoms with Crippen molar-refractivity contribution in [1.82, 2.24) is 0 Å². The van der Waals surface area contributed by atoms with Gasteiger partial charge in [0.1, 0.15) is 0 Å². The first-order valence-corrected chi connectivity index (χ1v) is 6.71.